The number of nitrogens with zero attached hydrogens (tertiary/aromatic N) is 1. The Morgan fingerprint density at radius 2 is 1.80 bits per heavy atom. The van der Waals surface area contributed by atoms with Gasteiger partial charge in [-0.15, -0.1) is 0 Å². The van der Waals surface area contributed by atoms with Crippen molar-refractivity contribution in [1.82, 2.24) is 0 Å². The van der Waals surface area contributed by atoms with Gasteiger partial charge < -0.3 is 4.90 Å². The van der Waals surface area contributed by atoms with Crippen LogP contribution in [-0.2, 0) is 14.6 Å². The third-order valence-corrected chi connectivity index (χ3v) is 6.74. The highest BCUT2D eigenvalue weighted by atomic mass is 79.9. The number of Topliss-reactive ketones (excluding diaryl/α,β-unsaturated/α-hetero) is 1. The summed E-state index contributed by atoms with van der Waals surface area (Å²) in [5.74, 6) is -1.64. The maximum Gasteiger partial charge on any atom is 0.314 e. The van der Waals surface area contributed by atoms with Gasteiger partial charge in [0, 0.05) is 31.3 Å². The summed E-state index contributed by atoms with van der Waals surface area (Å²) >= 11 is 3.08. The number of hydrogen-bond donors (Lipinski definition) is 2. The van der Waals surface area contributed by atoms with Crippen LogP contribution in [0.4, 0.5) is 20.2 Å². The second-order valence-corrected chi connectivity index (χ2v) is 10.0. The molecule has 1 aliphatic heterocycles. The summed E-state index contributed by atoms with van der Waals surface area (Å²) < 4.78 is 51.1. The number of hydrogen-bond acceptors (Lipinski definition) is 4. The first-order valence-corrected chi connectivity index (χ1v) is 11.9. The van der Waals surface area contributed by atoms with Gasteiger partial charge in [-0.2, -0.15) is 0 Å². The fraction of sp³-hybridized carbons (Fsp3) is 0.300. The molecule has 1 aliphatic rings. The number of nitrogens with two attached hydrogens (primary N) is 1. The molecule has 0 atom stereocenters. The number of ketones is 1. The molecule has 0 aliphatic carbocycles. The van der Waals surface area contributed by atoms with E-state index in [1.807, 2.05) is 0 Å². The Bertz CT molecular complexity index is 1110. The molecule has 30 heavy (non-hydrogen) atoms. The lowest BCUT2D eigenvalue weighted by molar-refractivity contribution is -0.354. The molecule has 0 spiro atoms. The van der Waals surface area contributed by atoms with Gasteiger partial charge in [0.25, 0.3) is 0 Å². The number of nitrogens with one attached hydrogen (secondary N) is 1. The normalized spacial score (nSPS) is 16.0. The van der Waals surface area contributed by atoms with E-state index in [1.165, 1.54) is 30.3 Å². The van der Waals surface area contributed by atoms with Crippen molar-refractivity contribution < 1.29 is 27.0 Å². The Labute approximate surface area is 181 Å². The van der Waals surface area contributed by atoms with Crippen molar-refractivity contribution in [3.8, 4) is 0 Å². The quantitative estimate of drug-likeness (QED) is 0.481. The molecule has 2 aromatic carbocycles. The Balaban J connectivity index is 1.67. The number of halogens is 3. The van der Waals surface area contributed by atoms with Crippen molar-refractivity contribution in [3.05, 3.63) is 52.5 Å². The first-order valence-electron chi connectivity index (χ1n) is 9.19. The van der Waals surface area contributed by atoms with Crippen LogP contribution in [0.1, 0.15) is 12.8 Å². The van der Waals surface area contributed by atoms with E-state index >= 15 is 0 Å². The van der Waals surface area contributed by atoms with Crippen LogP contribution in [0.25, 0.3) is 0 Å². The number of carbonyl (C=O) groups is 1. The minimum atomic E-state index is -3.48. The van der Waals surface area contributed by atoms with E-state index in [1.54, 1.807) is 4.90 Å². The van der Waals surface area contributed by atoms with Gasteiger partial charge in [0.2, 0.25) is 5.78 Å². The minimum absolute atomic E-state index is 0.0318. The lowest BCUT2D eigenvalue weighted by atomic mass is 9.91. The van der Waals surface area contributed by atoms with Gasteiger partial charge in [0.1, 0.15) is 17.3 Å². The average molecular weight is 501 g/mol. The molecule has 0 aromatic heterocycles. The van der Waals surface area contributed by atoms with E-state index in [4.69, 9.17) is 5.73 Å². The van der Waals surface area contributed by atoms with Gasteiger partial charge in [-0.3, -0.25) is 10.5 Å². The summed E-state index contributed by atoms with van der Waals surface area (Å²) in [5, 5.41) is 0. The molecule has 0 unspecified atom stereocenters. The number of anilines is 1. The van der Waals surface area contributed by atoms with Gasteiger partial charge in [0.15, 0.2) is 9.84 Å². The Morgan fingerprint density at radius 3 is 2.37 bits per heavy atom. The SMILES string of the molecule is CS(=O)(=O)c1ccc(N2CCC(C(=O)C(N)=[NH+]c3ccc(F)c(Br)c3)CC2)c(F)c1. The van der Waals surface area contributed by atoms with Crippen LogP contribution >= 0.6 is 15.9 Å². The Morgan fingerprint density at radius 1 is 1.13 bits per heavy atom. The summed E-state index contributed by atoms with van der Waals surface area (Å²) in [7, 11) is -3.48. The van der Waals surface area contributed by atoms with E-state index in [2.05, 4.69) is 20.9 Å². The lowest BCUT2D eigenvalue weighted by Gasteiger charge is -2.32. The fourth-order valence-corrected chi connectivity index (χ4v) is 4.38. The van der Waals surface area contributed by atoms with Crippen LogP contribution in [0.5, 0.6) is 0 Å². The van der Waals surface area contributed by atoms with Crippen molar-refractivity contribution in [1.29, 1.82) is 0 Å². The smallest absolute Gasteiger partial charge is 0.314 e. The number of rotatable bonds is 5. The van der Waals surface area contributed by atoms with E-state index in [0.717, 1.165) is 12.3 Å². The summed E-state index contributed by atoms with van der Waals surface area (Å²) in [4.78, 5) is 17.2. The molecule has 1 fully saturated rings. The van der Waals surface area contributed by atoms with Crippen molar-refractivity contribution >= 4 is 48.8 Å². The zero-order valence-electron chi connectivity index (χ0n) is 16.2. The molecular weight excluding hydrogens is 480 g/mol. The first kappa shape index (κ1) is 22.4. The highest BCUT2D eigenvalue weighted by molar-refractivity contribution is 9.10. The second-order valence-electron chi connectivity index (χ2n) is 7.18. The molecule has 1 saturated heterocycles. The van der Waals surface area contributed by atoms with Crippen LogP contribution < -0.4 is 15.6 Å². The van der Waals surface area contributed by atoms with Crippen molar-refractivity contribution in [2.45, 2.75) is 17.7 Å². The summed E-state index contributed by atoms with van der Waals surface area (Å²) in [6.07, 6.45) is 1.97. The maximum absolute atomic E-state index is 14.4. The number of amidine groups is 1. The molecule has 0 radical (unpaired) electrons. The molecule has 0 bridgehead atoms. The number of piperidine rings is 1. The van der Waals surface area contributed by atoms with Crippen molar-refractivity contribution in [2.75, 3.05) is 24.2 Å². The van der Waals surface area contributed by atoms with Crippen molar-refractivity contribution in [2.24, 2.45) is 11.7 Å². The molecule has 1 heterocycles. The van der Waals surface area contributed by atoms with E-state index in [9.17, 15) is 22.0 Å². The molecule has 10 heteroatoms. The predicted octanol–water partition coefficient (Wildman–Crippen LogP) is 1.69. The highest BCUT2D eigenvalue weighted by Crippen LogP contribution is 2.27. The zero-order chi connectivity index (χ0) is 22.1. The third-order valence-electron chi connectivity index (χ3n) is 5.02. The maximum atomic E-state index is 14.4. The summed E-state index contributed by atoms with van der Waals surface area (Å²) in [6, 6.07) is 8.06. The molecule has 160 valence electrons. The minimum Gasteiger partial charge on any atom is -0.369 e. The van der Waals surface area contributed by atoms with Gasteiger partial charge in [0.05, 0.1) is 15.1 Å². The molecule has 2 aromatic rings. The molecule has 0 saturated carbocycles. The van der Waals surface area contributed by atoms with E-state index in [0.29, 0.717) is 37.3 Å². The number of benzene rings is 2. The number of sulfone groups is 1. The van der Waals surface area contributed by atoms with Crippen LogP contribution in [0.15, 0.2) is 45.8 Å². The summed E-state index contributed by atoms with van der Waals surface area (Å²) in [5.41, 5.74) is 6.70. The van der Waals surface area contributed by atoms with Gasteiger partial charge in [-0.1, -0.05) is 0 Å². The summed E-state index contributed by atoms with van der Waals surface area (Å²) in [6.45, 7) is 0.863. The molecule has 3 rings (SSSR count). The Hall–Kier alpha value is -2.33. The van der Waals surface area contributed by atoms with E-state index < -0.39 is 21.5 Å². The van der Waals surface area contributed by atoms with Crippen LogP contribution in [-0.4, -0.2) is 39.4 Å². The van der Waals surface area contributed by atoms with Crippen molar-refractivity contribution in [3.63, 3.8) is 0 Å². The standard InChI is InChI=1S/C20H20BrF2N3O3S/c1-30(28,29)14-3-5-18(17(23)11-14)26-8-6-12(7-9-26)19(27)20(24)25-13-2-4-16(22)15(21)10-13/h2-5,10-12H,6-9H2,1H3,(H2,24,25)/p+1. The monoisotopic (exact) mass is 500 g/mol. The fourth-order valence-electron chi connectivity index (χ4n) is 3.37. The predicted molar refractivity (Wildman–Crippen MR) is 113 cm³/mol. The van der Waals surface area contributed by atoms with Crippen LogP contribution in [0.3, 0.4) is 0 Å². The largest absolute Gasteiger partial charge is 0.369 e. The van der Waals surface area contributed by atoms with Gasteiger partial charge in [-0.05, 0) is 59.1 Å². The second kappa shape index (κ2) is 8.81. The van der Waals surface area contributed by atoms with Gasteiger partial charge in [-0.25, -0.2) is 22.2 Å². The lowest BCUT2D eigenvalue weighted by Crippen LogP contribution is -2.72. The van der Waals surface area contributed by atoms with Crippen LogP contribution in [0, 0.1) is 17.6 Å². The molecule has 3 N–H and O–H groups in total. The highest BCUT2D eigenvalue weighted by Gasteiger charge is 2.30. The zero-order valence-corrected chi connectivity index (χ0v) is 18.6. The molecule has 6 nitrogen and oxygen atoms in total. The topological polar surface area (TPSA) is 94.4 Å². The van der Waals surface area contributed by atoms with E-state index in [-0.39, 0.29) is 26.9 Å². The van der Waals surface area contributed by atoms with Crippen LogP contribution in [0.2, 0.25) is 0 Å². The first-order chi connectivity index (χ1) is 14.1. The molecule has 0 amide bonds. The average Bonchev–Trinajstić information content (AvgIpc) is 2.69. The Kier molecular flexibility index (Phi) is 6.56. The third kappa shape index (κ3) is 5.04. The van der Waals surface area contributed by atoms with Gasteiger partial charge >= 0.3 is 5.84 Å². The number of carbonyl (C=O) groups excluding carboxylic acids is 1. The molecular formula is C20H21BrF2N3O3S+.